The van der Waals surface area contributed by atoms with Crippen molar-refractivity contribution in [2.45, 2.75) is 26.8 Å². The zero-order valence-corrected chi connectivity index (χ0v) is 18.7. The average molecular weight is 453 g/mol. The maximum atomic E-state index is 13.3. The molecule has 0 atom stereocenters. The molecule has 0 saturated carbocycles. The quantitative estimate of drug-likeness (QED) is 0.722. The Kier molecular flexibility index (Phi) is 11.9. The number of likely N-dealkylation sites (N-methyl/N-ethyl adjacent to an activating group) is 1. The van der Waals surface area contributed by atoms with Crippen LogP contribution in [0.2, 0.25) is 0 Å². The normalized spacial score (nSPS) is 13.1. The van der Waals surface area contributed by atoms with Crippen LogP contribution in [0.15, 0.2) is 24.3 Å². The van der Waals surface area contributed by atoms with Crippen molar-refractivity contribution in [3.05, 3.63) is 41.3 Å². The van der Waals surface area contributed by atoms with E-state index in [1.807, 2.05) is 0 Å². The fraction of sp³-hybridized carbons (Fsp3) is 0.474. The van der Waals surface area contributed by atoms with Crippen molar-refractivity contribution in [3.8, 4) is 11.3 Å². The Morgan fingerprint density at radius 1 is 1.07 bits per heavy atom. The van der Waals surface area contributed by atoms with Gasteiger partial charge in [-0.3, -0.25) is 4.90 Å². The minimum absolute atomic E-state index is 0. The van der Waals surface area contributed by atoms with Gasteiger partial charge in [0.1, 0.15) is 5.82 Å². The molecule has 1 aromatic heterocycles. The van der Waals surface area contributed by atoms with Gasteiger partial charge in [0.25, 0.3) is 0 Å². The number of nitrogens with zero attached hydrogens (tertiary/aromatic N) is 4. The summed E-state index contributed by atoms with van der Waals surface area (Å²) in [6.07, 6.45) is 0.870. The zero-order chi connectivity index (χ0) is 17.8. The number of fused-ring (bicyclic) bond motifs is 1. The number of nitrogen functional groups attached to an aromatic ring is 1. The summed E-state index contributed by atoms with van der Waals surface area (Å²) < 4.78 is 13.3. The minimum Gasteiger partial charge on any atom is -0.368 e. The van der Waals surface area contributed by atoms with Gasteiger partial charge in [-0.25, -0.2) is 14.4 Å². The monoisotopic (exact) mass is 451 g/mol. The lowest BCUT2D eigenvalue weighted by molar-refractivity contribution is 0.201. The van der Waals surface area contributed by atoms with Crippen LogP contribution in [0.3, 0.4) is 0 Å². The summed E-state index contributed by atoms with van der Waals surface area (Å²) in [5.41, 5.74) is 9.75. The molecule has 0 bridgehead atoms. The molecule has 158 valence electrons. The molecule has 0 saturated heterocycles. The number of anilines is 1. The van der Waals surface area contributed by atoms with E-state index in [1.165, 1.54) is 12.1 Å². The summed E-state index contributed by atoms with van der Waals surface area (Å²) in [5, 5.41) is 0. The van der Waals surface area contributed by atoms with Gasteiger partial charge in [-0.1, -0.05) is 13.8 Å². The second-order valence-corrected chi connectivity index (χ2v) is 6.42. The lowest BCUT2D eigenvalue weighted by Crippen LogP contribution is -2.38. The molecular weight excluding hydrogens is 424 g/mol. The molecule has 2 aromatic rings. The maximum Gasteiger partial charge on any atom is 0.220 e. The fourth-order valence-corrected chi connectivity index (χ4v) is 3.35. The number of nitrogens with two attached hydrogens (primary N) is 1. The topological polar surface area (TPSA) is 58.3 Å². The van der Waals surface area contributed by atoms with Crippen molar-refractivity contribution in [1.29, 1.82) is 0 Å². The number of halogens is 4. The first kappa shape index (κ1) is 26.8. The third kappa shape index (κ3) is 6.42. The highest BCUT2D eigenvalue weighted by molar-refractivity contribution is 5.86. The van der Waals surface area contributed by atoms with Gasteiger partial charge in [-0.15, -0.1) is 37.2 Å². The standard InChI is InChI=1S/C19H26FN5.3ClH/c1-3-24(4-2)11-12-25-10-9-17-16(13-25)18(23-19(21)22-17)14-5-7-15(20)8-6-14;;;/h5-8H,3-4,9-13H2,1-2H3,(H2,21,22,23);3*1H. The van der Waals surface area contributed by atoms with E-state index in [0.717, 1.165) is 68.2 Å². The molecule has 0 unspecified atom stereocenters. The van der Waals surface area contributed by atoms with Crippen molar-refractivity contribution >= 4 is 43.2 Å². The summed E-state index contributed by atoms with van der Waals surface area (Å²) in [6.45, 7) is 10.4. The Morgan fingerprint density at radius 2 is 1.71 bits per heavy atom. The largest absolute Gasteiger partial charge is 0.368 e. The van der Waals surface area contributed by atoms with Gasteiger partial charge in [0, 0.05) is 43.7 Å². The van der Waals surface area contributed by atoms with E-state index in [9.17, 15) is 4.39 Å². The Labute approximate surface area is 185 Å². The zero-order valence-electron chi connectivity index (χ0n) is 16.2. The van der Waals surface area contributed by atoms with Crippen LogP contribution in [-0.4, -0.2) is 52.5 Å². The second-order valence-electron chi connectivity index (χ2n) is 6.42. The van der Waals surface area contributed by atoms with Gasteiger partial charge in [0.05, 0.1) is 11.4 Å². The van der Waals surface area contributed by atoms with Crippen molar-refractivity contribution < 1.29 is 4.39 Å². The van der Waals surface area contributed by atoms with E-state index < -0.39 is 0 Å². The van der Waals surface area contributed by atoms with Gasteiger partial charge in [-0.2, -0.15) is 0 Å². The molecule has 1 aromatic carbocycles. The highest BCUT2D eigenvalue weighted by atomic mass is 35.5. The first-order valence-electron chi connectivity index (χ1n) is 8.96. The summed E-state index contributed by atoms with van der Waals surface area (Å²) >= 11 is 0. The SMILES string of the molecule is CCN(CC)CCN1CCc2nc(N)nc(-c3ccc(F)cc3)c2C1.Cl.Cl.Cl. The Balaban J connectivity index is 0.00000243. The van der Waals surface area contributed by atoms with Gasteiger partial charge >= 0.3 is 0 Å². The van der Waals surface area contributed by atoms with Gasteiger partial charge in [-0.05, 0) is 37.4 Å². The van der Waals surface area contributed by atoms with Gasteiger partial charge in [0.15, 0.2) is 0 Å². The number of hydrogen-bond acceptors (Lipinski definition) is 5. The maximum absolute atomic E-state index is 13.3. The van der Waals surface area contributed by atoms with Crippen LogP contribution in [0.1, 0.15) is 25.1 Å². The van der Waals surface area contributed by atoms with Crippen molar-refractivity contribution in [2.75, 3.05) is 38.5 Å². The summed E-state index contributed by atoms with van der Waals surface area (Å²) in [6, 6.07) is 6.43. The smallest absolute Gasteiger partial charge is 0.220 e. The predicted octanol–water partition coefficient (Wildman–Crippen LogP) is 3.83. The van der Waals surface area contributed by atoms with E-state index >= 15 is 0 Å². The highest BCUT2D eigenvalue weighted by Crippen LogP contribution is 2.28. The van der Waals surface area contributed by atoms with Gasteiger partial charge in [0.2, 0.25) is 5.95 Å². The van der Waals surface area contributed by atoms with Crippen LogP contribution < -0.4 is 5.73 Å². The molecule has 0 radical (unpaired) electrons. The van der Waals surface area contributed by atoms with Gasteiger partial charge < -0.3 is 10.6 Å². The number of aromatic nitrogens is 2. The average Bonchev–Trinajstić information content (AvgIpc) is 2.63. The minimum atomic E-state index is -0.250. The molecule has 2 N–H and O–H groups in total. The third-order valence-corrected chi connectivity index (χ3v) is 4.90. The molecule has 0 aliphatic carbocycles. The Hall–Kier alpha value is -1.18. The van der Waals surface area contributed by atoms with Crippen LogP contribution in [0.25, 0.3) is 11.3 Å². The van der Waals surface area contributed by atoms with Crippen LogP contribution in [0, 0.1) is 5.82 Å². The van der Waals surface area contributed by atoms with Crippen LogP contribution in [0.5, 0.6) is 0 Å². The number of benzene rings is 1. The second kappa shape index (κ2) is 12.4. The lowest BCUT2D eigenvalue weighted by Gasteiger charge is -2.31. The van der Waals surface area contributed by atoms with E-state index in [2.05, 4.69) is 33.6 Å². The fourth-order valence-electron chi connectivity index (χ4n) is 3.35. The molecule has 0 spiro atoms. The Bertz CT molecular complexity index is 726. The molecule has 0 fully saturated rings. The van der Waals surface area contributed by atoms with E-state index in [4.69, 9.17) is 5.73 Å². The first-order chi connectivity index (χ1) is 12.1. The van der Waals surface area contributed by atoms with Crippen molar-refractivity contribution in [2.24, 2.45) is 0 Å². The Morgan fingerprint density at radius 3 is 2.32 bits per heavy atom. The van der Waals surface area contributed by atoms with Crippen LogP contribution in [-0.2, 0) is 13.0 Å². The number of rotatable bonds is 6. The third-order valence-electron chi connectivity index (χ3n) is 4.90. The lowest BCUT2D eigenvalue weighted by atomic mass is 9.99. The summed E-state index contributed by atoms with van der Waals surface area (Å²) in [5.74, 6) is 0.0372. The van der Waals surface area contributed by atoms with Crippen LogP contribution >= 0.6 is 37.2 Å². The molecule has 9 heteroatoms. The van der Waals surface area contributed by atoms with E-state index in [-0.39, 0.29) is 49.0 Å². The molecule has 1 aliphatic rings. The molecule has 2 heterocycles. The predicted molar refractivity (Wildman–Crippen MR) is 120 cm³/mol. The molecular formula is C19H29Cl3FN5. The summed E-state index contributed by atoms with van der Waals surface area (Å²) in [7, 11) is 0. The molecule has 28 heavy (non-hydrogen) atoms. The molecule has 5 nitrogen and oxygen atoms in total. The van der Waals surface area contributed by atoms with E-state index in [1.54, 1.807) is 12.1 Å². The molecule has 0 amide bonds. The molecule has 3 rings (SSSR count). The van der Waals surface area contributed by atoms with Crippen LogP contribution in [0.4, 0.5) is 10.3 Å². The summed E-state index contributed by atoms with van der Waals surface area (Å²) in [4.78, 5) is 13.8. The highest BCUT2D eigenvalue weighted by Gasteiger charge is 2.23. The first-order valence-corrected chi connectivity index (χ1v) is 8.96. The number of hydrogen-bond donors (Lipinski definition) is 1. The van der Waals surface area contributed by atoms with Crippen molar-refractivity contribution in [1.82, 2.24) is 19.8 Å². The van der Waals surface area contributed by atoms with E-state index in [0.29, 0.717) is 0 Å². The molecule has 1 aliphatic heterocycles. The van der Waals surface area contributed by atoms with Crippen molar-refractivity contribution in [3.63, 3.8) is 0 Å².